The summed E-state index contributed by atoms with van der Waals surface area (Å²) in [6.07, 6.45) is 2.09. The lowest BCUT2D eigenvalue weighted by atomic mass is 10.0. The fraction of sp³-hybridized carbons (Fsp3) is 0.533. The van der Waals surface area contributed by atoms with Crippen LogP contribution in [0.15, 0.2) is 18.3 Å². The van der Waals surface area contributed by atoms with E-state index in [0.29, 0.717) is 17.9 Å². The maximum atomic E-state index is 12.7. The van der Waals surface area contributed by atoms with Crippen LogP contribution in [-0.4, -0.2) is 71.0 Å². The summed E-state index contributed by atoms with van der Waals surface area (Å²) >= 11 is 5.76. The fourth-order valence-corrected chi connectivity index (χ4v) is 4.02. The maximum absolute atomic E-state index is 12.7. The third-order valence-corrected chi connectivity index (χ3v) is 6.24. The number of rotatable bonds is 6. The van der Waals surface area contributed by atoms with Gasteiger partial charge in [0.05, 0.1) is 10.8 Å². The Morgan fingerprint density at radius 1 is 1.36 bits per heavy atom. The van der Waals surface area contributed by atoms with Gasteiger partial charge in [0.25, 0.3) is 5.91 Å². The summed E-state index contributed by atoms with van der Waals surface area (Å²) in [5.41, 5.74) is 0.106. The molecule has 1 aromatic heterocycles. The topological polar surface area (TPSA) is 108 Å². The first-order chi connectivity index (χ1) is 11.7. The molecule has 0 aromatic carbocycles. The second-order valence-electron chi connectivity index (χ2n) is 5.72. The van der Waals surface area contributed by atoms with Gasteiger partial charge in [-0.1, -0.05) is 11.6 Å². The van der Waals surface area contributed by atoms with Crippen molar-refractivity contribution in [1.29, 1.82) is 0 Å². The van der Waals surface area contributed by atoms with E-state index in [4.69, 9.17) is 16.7 Å². The molecular formula is C15H20ClN3O5S. The lowest BCUT2D eigenvalue weighted by Gasteiger charge is -2.37. The van der Waals surface area contributed by atoms with Gasteiger partial charge in [-0.3, -0.25) is 9.59 Å². The Morgan fingerprint density at radius 2 is 2.00 bits per heavy atom. The number of aromatic nitrogens is 1. The highest BCUT2D eigenvalue weighted by Gasteiger charge is 2.33. The number of sulfonamides is 1. The maximum Gasteiger partial charge on any atom is 0.323 e. The highest BCUT2D eigenvalue weighted by Crippen LogP contribution is 2.21. The molecule has 0 atom stereocenters. The molecule has 0 radical (unpaired) electrons. The molecule has 25 heavy (non-hydrogen) atoms. The number of nitrogens with zero attached hydrogens (tertiary/aromatic N) is 3. The van der Waals surface area contributed by atoms with Gasteiger partial charge in [0.2, 0.25) is 10.0 Å². The van der Waals surface area contributed by atoms with Crippen LogP contribution >= 0.6 is 11.6 Å². The van der Waals surface area contributed by atoms with Crippen LogP contribution in [0, 0.1) is 0 Å². The second kappa shape index (κ2) is 8.11. The Kier molecular flexibility index (Phi) is 6.36. The van der Waals surface area contributed by atoms with Gasteiger partial charge in [0.1, 0.15) is 12.2 Å². The number of carbonyl (C=O) groups excluding carboxylic acids is 1. The van der Waals surface area contributed by atoms with Crippen molar-refractivity contribution >= 4 is 33.5 Å². The van der Waals surface area contributed by atoms with E-state index in [2.05, 4.69) is 4.98 Å². The van der Waals surface area contributed by atoms with Crippen molar-refractivity contribution in [1.82, 2.24) is 14.2 Å². The zero-order valence-corrected chi connectivity index (χ0v) is 15.3. The number of halogens is 1. The smallest absolute Gasteiger partial charge is 0.323 e. The number of carboxylic acids is 1. The van der Waals surface area contributed by atoms with E-state index in [9.17, 15) is 18.0 Å². The van der Waals surface area contributed by atoms with Crippen molar-refractivity contribution in [3.8, 4) is 0 Å². The Labute approximate surface area is 151 Å². The van der Waals surface area contributed by atoms with Gasteiger partial charge in [-0.05, 0) is 31.9 Å². The summed E-state index contributed by atoms with van der Waals surface area (Å²) in [6.45, 7) is 1.64. The van der Waals surface area contributed by atoms with Crippen LogP contribution in [0.1, 0.15) is 30.3 Å². The zero-order valence-electron chi connectivity index (χ0n) is 13.8. The van der Waals surface area contributed by atoms with Gasteiger partial charge in [0.15, 0.2) is 0 Å². The van der Waals surface area contributed by atoms with Gasteiger partial charge in [-0.15, -0.1) is 0 Å². The van der Waals surface area contributed by atoms with Crippen molar-refractivity contribution < 1.29 is 23.1 Å². The molecule has 138 valence electrons. The lowest BCUT2D eigenvalue weighted by molar-refractivity contribution is -0.138. The van der Waals surface area contributed by atoms with Crippen molar-refractivity contribution in [3.63, 3.8) is 0 Å². The number of hydrogen-bond acceptors (Lipinski definition) is 5. The van der Waals surface area contributed by atoms with E-state index in [1.807, 2.05) is 0 Å². The molecule has 1 saturated heterocycles. The van der Waals surface area contributed by atoms with Crippen LogP contribution in [0.4, 0.5) is 0 Å². The average Bonchev–Trinajstić information content (AvgIpc) is 2.60. The zero-order chi connectivity index (χ0) is 18.6. The van der Waals surface area contributed by atoms with E-state index >= 15 is 0 Å². The van der Waals surface area contributed by atoms with Crippen LogP contribution in [-0.2, 0) is 14.8 Å². The van der Waals surface area contributed by atoms with E-state index in [0.717, 1.165) is 0 Å². The Balaban J connectivity index is 2.14. The quantitative estimate of drug-likeness (QED) is 0.779. The largest absolute Gasteiger partial charge is 0.480 e. The molecule has 1 N–H and O–H groups in total. The fourth-order valence-electron chi connectivity index (χ4n) is 2.78. The molecule has 2 rings (SSSR count). The van der Waals surface area contributed by atoms with Crippen LogP contribution < -0.4 is 0 Å². The van der Waals surface area contributed by atoms with Gasteiger partial charge in [-0.2, -0.15) is 0 Å². The number of amides is 1. The first kappa shape index (κ1) is 19.6. The molecule has 0 unspecified atom stereocenters. The summed E-state index contributed by atoms with van der Waals surface area (Å²) in [4.78, 5) is 29.0. The van der Waals surface area contributed by atoms with Crippen molar-refractivity contribution in [2.45, 2.75) is 25.8 Å². The van der Waals surface area contributed by atoms with E-state index in [-0.39, 0.29) is 30.6 Å². The molecule has 1 aromatic rings. The number of aliphatic carboxylic acids is 1. The number of carbonyl (C=O) groups is 2. The highest BCUT2D eigenvalue weighted by atomic mass is 35.5. The molecular weight excluding hydrogens is 370 g/mol. The van der Waals surface area contributed by atoms with E-state index in [1.165, 1.54) is 27.5 Å². The predicted molar refractivity (Wildman–Crippen MR) is 92.0 cm³/mol. The summed E-state index contributed by atoms with van der Waals surface area (Å²) in [5.74, 6) is -1.62. The Bertz CT molecular complexity index is 730. The molecule has 0 spiro atoms. The predicted octanol–water partition coefficient (Wildman–Crippen LogP) is 1.08. The SMILES string of the molecule is CCS(=O)(=O)N1CCC(N(CC(=O)O)C(=O)c2ccc(Cl)cn2)CC1. The number of hydrogen-bond donors (Lipinski definition) is 1. The first-order valence-corrected chi connectivity index (χ1v) is 9.85. The number of piperidine rings is 1. The molecule has 2 heterocycles. The third kappa shape index (κ3) is 4.90. The van der Waals surface area contributed by atoms with Gasteiger partial charge in [0, 0.05) is 25.3 Å². The molecule has 0 saturated carbocycles. The normalized spacial score (nSPS) is 16.6. The molecule has 0 aliphatic carbocycles. The van der Waals surface area contributed by atoms with Crippen LogP contribution in [0.2, 0.25) is 5.02 Å². The van der Waals surface area contributed by atoms with Crippen LogP contribution in [0.3, 0.4) is 0 Å². The monoisotopic (exact) mass is 389 g/mol. The van der Waals surface area contributed by atoms with Gasteiger partial charge < -0.3 is 10.0 Å². The molecule has 1 aliphatic heterocycles. The molecule has 10 heteroatoms. The minimum absolute atomic E-state index is 0.0180. The molecule has 8 nitrogen and oxygen atoms in total. The van der Waals surface area contributed by atoms with Gasteiger partial charge >= 0.3 is 5.97 Å². The third-order valence-electron chi connectivity index (χ3n) is 4.14. The summed E-state index contributed by atoms with van der Waals surface area (Å²) in [7, 11) is -3.28. The standard InChI is InChI=1S/C15H20ClN3O5S/c1-2-25(23,24)18-7-5-12(6-8-18)19(10-14(20)21)15(22)13-4-3-11(16)9-17-13/h3-4,9,12H,2,5-8,10H2,1H3,(H,20,21). The average molecular weight is 390 g/mol. The molecule has 0 bridgehead atoms. The van der Waals surface area contributed by atoms with Gasteiger partial charge in [-0.25, -0.2) is 17.7 Å². The summed E-state index contributed by atoms with van der Waals surface area (Å²) in [6, 6.07) is 2.59. The molecule has 1 fully saturated rings. The molecule has 1 aliphatic rings. The van der Waals surface area contributed by atoms with E-state index < -0.39 is 28.4 Å². The lowest BCUT2D eigenvalue weighted by Crippen LogP contribution is -2.50. The summed E-state index contributed by atoms with van der Waals surface area (Å²) in [5, 5.41) is 9.51. The van der Waals surface area contributed by atoms with Crippen molar-refractivity contribution in [3.05, 3.63) is 29.0 Å². The minimum atomic E-state index is -3.28. The Hall–Kier alpha value is -1.71. The highest BCUT2D eigenvalue weighted by molar-refractivity contribution is 7.89. The number of carboxylic acid groups (broad SMARTS) is 1. The molecule has 1 amide bonds. The minimum Gasteiger partial charge on any atom is -0.480 e. The van der Waals surface area contributed by atoms with Crippen LogP contribution in [0.5, 0.6) is 0 Å². The second-order valence-corrected chi connectivity index (χ2v) is 8.41. The summed E-state index contributed by atoms with van der Waals surface area (Å²) < 4.78 is 25.2. The van der Waals surface area contributed by atoms with E-state index in [1.54, 1.807) is 6.92 Å². The van der Waals surface area contributed by atoms with Crippen molar-refractivity contribution in [2.75, 3.05) is 25.4 Å². The van der Waals surface area contributed by atoms with Crippen molar-refractivity contribution in [2.24, 2.45) is 0 Å². The first-order valence-electron chi connectivity index (χ1n) is 7.86. The van der Waals surface area contributed by atoms with Crippen LogP contribution in [0.25, 0.3) is 0 Å². The number of pyridine rings is 1. The Morgan fingerprint density at radius 3 is 2.48 bits per heavy atom.